The highest BCUT2D eigenvalue weighted by atomic mass is 35.5. The van der Waals surface area contributed by atoms with E-state index < -0.39 is 5.91 Å². The minimum absolute atomic E-state index is 0.120. The summed E-state index contributed by atoms with van der Waals surface area (Å²) in [5.74, 6) is -0.127. The Morgan fingerprint density at radius 2 is 2.22 bits per heavy atom. The van der Waals surface area contributed by atoms with Gasteiger partial charge in [0.2, 0.25) is 5.95 Å². The fourth-order valence-corrected chi connectivity index (χ4v) is 2.20. The molecule has 2 aromatic heterocycles. The van der Waals surface area contributed by atoms with Crippen LogP contribution in [0.4, 0.5) is 10.3 Å². The van der Waals surface area contributed by atoms with Gasteiger partial charge in [0.15, 0.2) is 0 Å². The Hall–Kier alpha value is -2.80. The number of hydrogen-bond acceptors (Lipinski definition) is 4. The summed E-state index contributed by atoms with van der Waals surface area (Å²) in [5, 5.41) is 9.39. The lowest BCUT2D eigenvalue weighted by Crippen LogP contribution is -2.13. The Bertz CT molecular complexity index is 851. The highest BCUT2D eigenvalue weighted by molar-refractivity contribution is 6.34. The van der Waals surface area contributed by atoms with E-state index in [1.54, 1.807) is 12.1 Å². The van der Waals surface area contributed by atoms with Crippen LogP contribution in [0.2, 0.25) is 5.02 Å². The van der Waals surface area contributed by atoms with Gasteiger partial charge in [-0.05, 0) is 23.8 Å². The third-order valence-corrected chi connectivity index (χ3v) is 3.34. The molecule has 0 saturated heterocycles. The molecule has 8 heteroatoms. The maximum Gasteiger partial charge on any atom is 0.259 e. The lowest BCUT2D eigenvalue weighted by Gasteiger charge is -2.02. The highest BCUT2D eigenvalue weighted by Crippen LogP contribution is 2.15. The fraction of sp³-hybridized carbons (Fsp3) is 0.0667. The summed E-state index contributed by atoms with van der Waals surface area (Å²) < 4.78 is 13.2. The minimum Gasteiger partial charge on any atom is -0.289 e. The number of aromatic amines is 1. The summed E-state index contributed by atoms with van der Waals surface area (Å²) >= 11 is 5.91. The molecule has 116 valence electrons. The number of carbonyl (C=O) groups excluding carboxylic acids is 1. The van der Waals surface area contributed by atoms with Crippen molar-refractivity contribution in [3.8, 4) is 0 Å². The van der Waals surface area contributed by atoms with Crippen molar-refractivity contribution in [3.63, 3.8) is 0 Å². The summed E-state index contributed by atoms with van der Waals surface area (Å²) in [4.78, 5) is 20.0. The second-order valence-electron chi connectivity index (χ2n) is 4.72. The van der Waals surface area contributed by atoms with E-state index in [0.717, 1.165) is 5.56 Å². The van der Waals surface area contributed by atoms with E-state index in [1.165, 1.54) is 30.6 Å². The molecule has 0 fully saturated rings. The standard InChI is InChI=1S/C15H11ClFN5O/c16-12-8-18-5-4-11(12)14(23)20-15-19-13(21-22-15)7-9-2-1-3-10(17)6-9/h1-6,8H,7H2,(H2,19,20,21,22,23). The molecule has 0 unspecified atom stereocenters. The van der Waals surface area contributed by atoms with Gasteiger partial charge in [-0.15, -0.1) is 5.10 Å². The monoisotopic (exact) mass is 331 g/mol. The molecule has 1 aromatic carbocycles. The molecule has 0 aliphatic heterocycles. The largest absolute Gasteiger partial charge is 0.289 e. The molecule has 0 aliphatic carbocycles. The topological polar surface area (TPSA) is 83.6 Å². The van der Waals surface area contributed by atoms with Gasteiger partial charge < -0.3 is 0 Å². The van der Waals surface area contributed by atoms with E-state index in [-0.39, 0.29) is 22.4 Å². The fourth-order valence-electron chi connectivity index (χ4n) is 2.00. The molecule has 3 aromatic rings. The third kappa shape index (κ3) is 3.70. The van der Waals surface area contributed by atoms with Gasteiger partial charge in [0, 0.05) is 18.8 Å². The molecule has 6 nitrogen and oxygen atoms in total. The molecule has 2 N–H and O–H groups in total. The summed E-state index contributed by atoms with van der Waals surface area (Å²) in [7, 11) is 0. The van der Waals surface area contributed by atoms with Crippen molar-refractivity contribution in [2.24, 2.45) is 0 Å². The van der Waals surface area contributed by atoms with Crippen LogP contribution in [-0.2, 0) is 6.42 Å². The third-order valence-electron chi connectivity index (χ3n) is 3.03. The van der Waals surface area contributed by atoms with Crippen molar-refractivity contribution in [1.82, 2.24) is 20.2 Å². The first kappa shape index (κ1) is 15.1. The van der Waals surface area contributed by atoms with Gasteiger partial charge in [-0.3, -0.25) is 20.2 Å². The van der Waals surface area contributed by atoms with E-state index >= 15 is 0 Å². The summed E-state index contributed by atoms with van der Waals surface area (Å²) in [6.45, 7) is 0. The molecule has 2 heterocycles. The quantitative estimate of drug-likeness (QED) is 0.770. The molecule has 0 spiro atoms. The molecule has 0 atom stereocenters. The van der Waals surface area contributed by atoms with E-state index in [2.05, 4.69) is 25.5 Å². The van der Waals surface area contributed by atoms with Crippen molar-refractivity contribution < 1.29 is 9.18 Å². The lowest BCUT2D eigenvalue weighted by molar-refractivity contribution is 0.102. The maximum absolute atomic E-state index is 13.2. The molecule has 0 radical (unpaired) electrons. The zero-order valence-corrected chi connectivity index (χ0v) is 12.5. The second-order valence-corrected chi connectivity index (χ2v) is 5.13. The molecular formula is C15H11ClFN5O. The minimum atomic E-state index is -0.436. The first-order chi connectivity index (χ1) is 11.1. The first-order valence-electron chi connectivity index (χ1n) is 6.68. The van der Waals surface area contributed by atoms with Crippen LogP contribution in [0, 0.1) is 5.82 Å². The zero-order valence-electron chi connectivity index (χ0n) is 11.8. The predicted molar refractivity (Wildman–Crippen MR) is 82.8 cm³/mol. The summed E-state index contributed by atoms with van der Waals surface area (Å²) in [6.07, 6.45) is 3.22. The normalized spacial score (nSPS) is 10.5. The first-order valence-corrected chi connectivity index (χ1v) is 7.06. The van der Waals surface area contributed by atoms with Gasteiger partial charge in [-0.25, -0.2) is 4.39 Å². The van der Waals surface area contributed by atoms with Gasteiger partial charge in [0.1, 0.15) is 11.6 Å². The van der Waals surface area contributed by atoms with Crippen LogP contribution in [0.5, 0.6) is 0 Å². The van der Waals surface area contributed by atoms with Crippen LogP contribution in [0.15, 0.2) is 42.7 Å². The van der Waals surface area contributed by atoms with Crippen molar-refractivity contribution in [3.05, 3.63) is 70.5 Å². The van der Waals surface area contributed by atoms with E-state index in [9.17, 15) is 9.18 Å². The Kier molecular flexibility index (Phi) is 4.29. The number of rotatable bonds is 4. The van der Waals surface area contributed by atoms with Gasteiger partial charge in [0.05, 0.1) is 10.6 Å². The number of amides is 1. The van der Waals surface area contributed by atoms with Gasteiger partial charge in [-0.1, -0.05) is 23.7 Å². The van der Waals surface area contributed by atoms with Gasteiger partial charge in [0.25, 0.3) is 5.91 Å². The molecule has 0 aliphatic rings. The van der Waals surface area contributed by atoms with Crippen LogP contribution in [0.25, 0.3) is 0 Å². The molecule has 0 saturated carbocycles. The number of hydrogen-bond donors (Lipinski definition) is 2. The number of H-pyrrole nitrogens is 1. The van der Waals surface area contributed by atoms with E-state index in [1.807, 2.05) is 0 Å². The highest BCUT2D eigenvalue weighted by Gasteiger charge is 2.13. The number of aromatic nitrogens is 4. The summed E-state index contributed by atoms with van der Waals surface area (Å²) in [5.41, 5.74) is 1.02. The number of halogens is 2. The van der Waals surface area contributed by atoms with Crippen LogP contribution in [-0.4, -0.2) is 26.1 Å². The van der Waals surface area contributed by atoms with Crippen molar-refractivity contribution in [1.29, 1.82) is 0 Å². The second kappa shape index (κ2) is 6.53. The SMILES string of the molecule is O=C(Nc1n[nH]c(Cc2cccc(F)c2)n1)c1ccncc1Cl. The van der Waals surface area contributed by atoms with Crippen molar-refractivity contribution in [2.75, 3.05) is 5.32 Å². The number of nitrogens with one attached hydrogen (secondary N) is 2. The summed E-state index contributed by atoms with van der Waals surface area (Å²) in [6, 6.07) is 7.68. The number of nitrogens with zero attached hydrogens (tertiary/aromatic N) is 3. The van der Waals surface area contributed by atoms with Crippen LogP contribution >= 0.6 is 11.6 Å². The zero-order chi connectivity index (χ0) is 16.2. The predicted octanol–water partition coefficient (Wildman–Crippen LogP) is 2.84. The molecular weight excluding hydrogens is 321 g/mol. The number of anilines is 1. The Balaban J connectivity index is 1.70. The van der Waals surface area contributed by atoms with E-state index in [0.29, 0.717) is 12.2 Å². The van der Waals surface area contributed by atoms with Crippen molar-refractivity contribution in [2.45, 2.75) is 6.42 Å². The average Bonchev–Trinajstić information content (AvgIpc) is 2.94. The number of pyridine rings is 1. The van der Waals surface area contributed by atoms with Gasteiger partial charge >= 0.3 is 0 Å². The molecule has 0 bridgehead atoms. The number of carbonyl (C=O) groups is 1. The van der Waals surface area contributed by atoms with Crippen LogP contribution in [0.3, 0.4) is 0 Å². The molecule has 3 rings (SSSR count). The van der Waals surface area contributed by atoms with Crippen LogP contribution < -0.4 is 5.32 Å². The molecule has 1 amide bonds. The molecule has 23 heavy (non-hydrogen) atoms. The lowest BCUT2D eigenvalue weighted by atomic mass is 10.1. The van der Waals surface area contributed by atoms with Crippen molar-refractivity contribution >= 4 is 23.5 Å². The smallest absolute Gasteiger partial charge is 0.259 e. The van der Waals surface area contributed by atoms with E-state index in [4.69, 9.17) is 11.6 Å². The Morgan fingerprint density at radius 3 is 3.00 bits per heavy atom. The Morgan fingerprint density at radius 1 is 1.35 bits per heavy atom. The number of benzene rings is 1. The average molecular weight is 332 g/mol. The maximum atomic E-state index is 13.2. The Labute approximate surface area is 135 Å². The van der Waals surface area contributed by atoms with Gasteiger partial charge in [-0.2, -0.15) is 4.98 Å². The van der Waals surface area contributed by atoms with Crippen LogP contribution in [0.1, 0.15) is 21.7 Å².